The summed E-state index contributed by atoms with van der Waals surface area (Å²) in [6, 6.07) is 9.45. The second kappa shape index (κ2) is 10.7. The molecule has 8 heteroatoms. The number of carbonyl (C=O) groups excluding carboxylic acids is 1. The van der Waals surface area contributed by atoms with Gasteiger partial charge in [-0.1, -0.05) is 11.6 Å². The summed E-state index contributed by atoms with van der Waals surface area (Å²) in [5.41, 5.74) is 1.77. The maximum Gasteiger partial charge on any atom is 0.250 e. The molecule has 0 bridgehead atoms. The molecule has 178 valence electrons. The van der Waals surface area contributed by atoms with Crippen molar-refractivity contribution in [2.75, 3.05) is 33.4 Å². The zero-order chi connectivity index (χ0) is 23.4. The lowest BCUT2D eigenvalue weighted by Crippen LogP contribution is -2.47. The maximum atomic E-state index is 13.8. The Hall–Kier alpha value is -2.35. The van der Waals surface area contributed by atoms with Gasteiger partial charge in [-0.3, -0.25) is 9.59 Å². The van der Waals surface area contributed by atoms with Crippen LogP contribution < -0.4 is 15.6 Å². The number of hydrogen-bond donors (Lipinski definition) is 1. The van der Waals surface area contributed by atoms with Gasteiger partial charge in [0.1, 0.15) is 12.4 Å². The van der Waals surface area contributed by atoms with Gasteiger partial charge in [-0.25, -0.2) is 0 Å². The molecule has 1 N–H and O–H groups in total. The zero-order valence-electron chi connectivity index (χ0n) is 19.3. The number of halogens is 1. The van der Waals surface area contributed by atoms with E-state index in [1.54, 1.807) is 31.0 Å². The number of pyridine rings is 1. The quantitative estimate of drug-likeness (QED) is 0.567. The first-order valence-corrected chi connectivity index (χ1v) is 11.9. The van der Waals surface area contributed by atoms with E-state index in [1.807, 2.05) is 29.2 Å². The Balaban J connectivity index is 1.55. The number of hydrogen-bond acceptors (Lipinski definition) is 5. The number of nitrogens with one attached hydrogen (secondary N) is 1. The minimum atomic E-state index is -0.216. The van der Waals surface area contributed by atoms with Gasteiger partial charge in [0.2, 0.25) is 5.91 Å². The van der Waals surface area contributed by atoms with E-state index in [-0.39, 0.29) is 29.3 Å². The fraction of sp³-hybridized carbons (Fsp3) is 0.520. The highest BCUT2D eigenvalue weighted by Crippen LogP contribution is 2.36. The van der Waals surface area contributed by atoms with Crippen LogP contribution in [-0.4, -0.2) is 54.8 Å². The van der Waals surface area contributed by atoms with E-state index >= 15 is 0 Å². The van der Waals surface area contributed by atoms with Crippen molar-refractivity contribution in [2.24, 2.45) is 13.0 Å². The predicted octanol–water partition coefficient (Wildman–Crippen LogP) is 2.95. The van der Waals surface area contributed by atoms with Gasteiger partial charge in [0.15, 0.2) is 0 Å². The van der Waals surface area contributed by atoms with E-state index in [0.29, 0.717) is 37.1 Å². The summed E-state index contributed by atoms with van der Waals surface area (Å²) in [6.45, 7) is 2.84. The van der Waals surface area contributed by atoms with Gasteiger partial charge in [-0.2, -0.15) is 0 Å². The Labute approximate surface area is 199 Å². The van der Waals surface area contributed by atoms with Gasteiger partial charge in [0.25, 0.3) is 5.56 Å². The van der Waals surface area contributed by atoms with Crippen molar-refractivity contribution in [2.45, 2.75) is 37.8 Å². The van der Waals surface area contributed by atoms with Gasteiger partial charge < -0.3 is 24.3 Å². The number of carbonyl (C=O) groups is 1. The second-order valence-electron chi connectivity index (χ2n) is 8.91. The van der Waals surface area contributed by atoms with Crippen LogP contribution in [0, 0.1) is 5.92 Å². The predicted molar refractivity (Wildman–Crippen MR) is 128 cm³/mol. The van der Waals surface area contributed by atoms with E-state index in [0.717, 1.165) is 36.9 Å². The molecular weight excluding hydrogens is 442 g/mol. The lowest BCUT2D eigenvalue weighted by molar-refractivity contribution is -0.138. The number of methoxy groups -OCH3 is 1. The first-order valence-electron chi connectivity index (χ1n) is 11.6. The summed E-state index contributed by atoms with van der Waals surface area (Å²) in [5.74, 6) is 0.642. The molecule has 1 aromatic heterocycles. The summed E-state index contributed by atoms with van der Waals surface area (Å²) < 4.78 is 12.4. The van der Waals surface area contributed by atoms with Gasteiger partial charge >= 0.3 is 0 Å². The normalized spacial score (nSPS) is 20.5. The fourth-order valence-electron chi connectivity index (χ4n) is 4.49. The summed E-state index contributed by atoms with van der Waals surface area (Å²) in [5, 5.41) is 4.00. The van der Waals surface area contributed by atoms with E-state index < -0.39 is 0 Å². The van der Waals surface area contributed by atoms with E-state index in [4.69, 9.17) is 21.1 Å². The highest BCUT2D eigenvalue weighted by atomic mass is 35.5. The number of aromatic nitrogens is 1. The molecule has 2 aromatic rings. The van der Waals surface area contributed by atoms with Crippen molar-refractivity contribution in [3.63, 3.8) is 0 Å². The third kappa shape index (κ3) is 5.78. The molecule has 1 aromatic carbocycles. The summed E-state index contributed by atoms with van der Waals surface area (Å²) in [7, 11) is 3.37. The number of ether oxygens (including phenoxy) is 2. The van der Waals surface area contributed by atoms with Crippen LogP contribution in [0.25, 0.3) is 0 Å². The average Bonchev–Trinajstić information content (AvgIpc) is 3.66. The van der Waals surface area contributed by atoms with Crippen LogP contribution in [-0.2, 0) is 23.1 Å². The van der Waals surface area contributed by atoms with Crippen molar-refractivity contribution < 1.29 is 14.3 Å². The second-order valence-corrected chi connectivity index (χ2v) is 9.31. The van der Waals surface area contributed by atoms with Gasteiger partial charge in [0, 0.05) is 50.6 Å². The average molecular weight is 474 g/mol. The molecule has 2 fully saturated rings. The maximum absolute atomic E-state index is 13.8. The highest BCUT2D eigenvalue weighted by Gasteiger charge is 2.40. The summed E-state index contributed by atoms with van der Waals surface area (Å²) in [6.07, 6.45) is 4.62. The van der Waals surface area contributed by atoms with Gasteiger partial charge in [0.05, 0.1) is 12.5 Å². The monoisotopic (exact) mass is 473 g/mol. The SMILES string of the molecule is COCCOc1ccc(Cl)c(CN(C(=O)[C@H]2CNCC[C@@H]2c2ccn(C)c(=O)c2)C2CC2)c1. The number of rotatable bonds is 9. The molecule has 1 aliphatic carbocycles. The molecular formula is C25H32ClN3O4. The van der Waals surface area contributed by atoms with Crippen LogP contribution in [0.3, 0.4) is 0 Å². The first-order chi connectivity index (χ1) is 16.0. The molecule has 2 heterocycles. The van der Waals surface area contributed by atoms with E-state index in [9.17, 15) is 9.59 Å². The zero-order valence-corrected chi connectivity index (χ0v) is 20.0. The van der Waals surface area contributed by atoms with Crippen LogP contribution in [0.15, 0.2) is 41.3 Å². The molecule has 7 nitrogen and oxygen atoms in total. The van der Waals surface area contributed by atoms with Gasteiger partial charge in [-0.05, 0) is 67.1 Å². The molecule has 33 heavy (non-hydrogen) atoms. The Morgan fingerprint density at radius 2 is 2.03 bits per heavy atom. The molecule has 1 amide bonds. The van der Waals surface area contributed by atoms with E-state index in [1.165, 1.54) is 0 Å². The molecule has 2 atom stereocenters. The van der Waals surface area contributed by atoms with Crippen LogP contribution in [0.4, 0.5) is 0 Å². The van der Waals surface area contributed by atoms with E-state index in [2.05, 4.69) is 5.32 Å². The van der Waals surface area contributed by atoms with Crippen molar-refractivity contribution >= 4 is 17.5 Å². The van der Waals surface area contributed by atoms with Crippen LogP contribution in [0.1, 0.15) is 36.3 Å². The Kier molecular flexibility index (Phi) is 7.73. The summed E-state index contributed by atoms with van der Waals surface area (Å²) >= 11 is 6.51. The summed E-state index contributed by atoms with van der Waals surface area (Å²) in [4.78, 5) is 28.1. The third-order valence-corrected chi connectivity index (χ3v) is 6.91. The lowest BCUT2D eigenvalue weighted by Gasteiger charge is -2.36. The fourth-order valence-corrected chi connectivity index (χ4v) is 4.66. The Morgan fingerprint density at radius 3 is 2.76 bits per heavy atom. The van der Waals surface area contributed by atoms with Crippen LogP contribution in [0.2, 0.25) is 5.02 Å². The van der Waals surface area contributed by atoms with Crippen molar-refractivity contribution in [3.05, 3.63) is 63.0 Å². The number of aryl methyl sites for hydroxylation is 1. The first kappa shape index (κ1) is 23.8. The van der Waals surface area contributed by atoms with Crippen LogP contribution >= 0.6 is 11.6 Å². The standard InChI is InChI=1S/C25H32ClN3O4/c1-28-10-8-17(14-24(28)30)21-7-9-27-15-22(21)25(31)29(19-3-4-19)16-18-13-20(5-6-23(18)26)33-12-11-32-2/h5-6,8,10,13-14,19,21-22,27H,3-4,7,9,11-12,15-16H2,1-2H3/t21-,22+/m1/s1. The smallest absolute Gasteiger partial charge is 0.250 e. The Morgan fingerprint density at radius 1 is 1.21 bits per heavy atom. The van der Waals surface area contributed by atoms with Gasteiger partial charge in [-0.15, -0.1) is 0 Å². The molecule has 1 saturated carbocycles. The number of piperidine rings is 1. The molecule has 1 aliphatic heterocycles. The lowest BCUT2D eigenvalue weighted by atomic mass is 9.80. The highest BCUT2D eigenvalue weighted by molar-refractivity contribution is 6.31. The van der Waals surface area contributed by atoms with Crippen molar-refractivity contribution in [1.82, 2.24) is 14.8 Å². The van der Waals surface area contributed by atoms with Crippen molar-refractivity contribution in [3.8, 4) is 5.75 Å². The number of nitrogens with zero attached hydrogens (tertiary/aromatic N) is 2. The Bertz CT molecular complexity index is 1040. The molecule has 0 spiro atoms. The third-order valence-electron chi connectivity index (χ3n) is 6.54. The molecule has 4 rings (SSSR count). The number of amides is 1. The van der Waals surface area contributed by atoms with Crippen LogP contribution in [0.5, 0.6) is 5.75 Å². The van der Waals surface area contributed by atoms with Crippen molar-refractivity contribution in [1.29, 1.82) is 0 Å². The molecule has 0 unspecified atom stereocenters. The molecule has 1 saturated heterocycles. The molecule has 0 radical (unpaired) electrons. The minimum absolute atomic E-state index is 0.0214. The molecule has 2 aliphatic rings. The topological polar surface area (TPSA) is 72.8 Å². The largest absolute Gasteiger partial charge is 0.491 e. The minimum Gasteiger partial charge on any atom is -0.491 e. The number of benzene rings is 1.